The quantitative estimate of drug-likeness (QED) is 0.488. The van der Waals surface area contributed by atoms with Crippen LogP contribution in [0.3, 0.4) is 0 Å². The van der Waals surface area contributed by atoms with Crippen LogP contribution in [0.4, 0.5) is 16.2 Å². The molecule has 0 atom stereocenters. The van der Waals surface area contributed by atoms with Crippen LogP contribution in [-0.2, 0) is 10.2 Å². The number of amides is 2. The van der Waals surface area contributed by atoms with Crippen molar-refractivity contribution in [2.45, 2.75) is 71.4 Å². The number of nitrogens with zero attached hydrogens (tertiary/aromatic N) is 1. The van der Waals surface area contributed by atoms with E-state index in [2.05, 4.69) is 31.4 Å². The SMILES string of the molecule is CC(C)(C)OC(=O)N1CCC(Nc2cc(NC(=O)c3ccc(C(C)(C)C)cc3)ccc2C(=O)O)CC1. The van der Waals surface area contributed by atoms with Crippen LogP contribution in [-0.4, -0.2) is 52.7 Å². The van der Waals surface area contributed by atoms with Crippen molar-refractivity contribution < 1.29 is 24.2 Å². The molecular weight excluding hydrogens is 458 g/mol. The van der Waals surface area contributed by atoms with Gasteiger partial charge in [0.2, 0.25) is 0 Å². The van der Waals surface area contributed by atoms with Gasteiger partial charge in [-0.3, -0.25) is 4.79 Å². The van der Waals surface area contributed by atoms with Crippen molar-refractivity contribution in [3.8, 4) is 0 Å². The van der Waals surface area contributed by atoms with E-state index in [-0.39, 0.29) is 29.0 Å². The fourth-order valence-corrected chi connectivity index (χ4v) is 4.01. The molecule has 0 radical (unpaired) electrons. The molecule has 0 unspecified atom stereocenters. The molecule has 1 aliphatic heterocycles. The number of ether oxygens (including phenoxy) is 1. The Hall–Kier alpha value is -3.55. The van der Waals surface area contributed by atoms with Crippen molar-refractivity contribution in [3.05, 3.63) is 59.2 Å². The highest BCUT2D eigenvalue weighted by Crippen LogP contribution is 2.26. The number of carboxylic acid groups (broad SMARTS) is 1. The fraction of sp³-hybridized carbons (Fsp3) is 0.464. The predicted octanol–water partition coefficient (Wildman–Crippen LogP) is 5.75. The van der Waals surface area contributed by atoms with E-state index in [1.54, 1.807) is 29.2 Å². The lowest BCUT2D eigenvalue weighted by Gasteiger charge is -2.34. The topological polar surface area (TPSA) is 108 Å². The number of hydrogen-bond acceptors (Lipinski definition) is 5. The normalized spacial score (nSPS) is 14.8. The van der Waals surface area contributed by atoms with Gasteiger partial charge < -0.3 is 25.4 Å². The second-order valence-electron chi connectivity index (χ2n) is 11.2. The number of nitrogens with one attached hydrogen (secondary N) is 2. The Morgan fingerprint density at radius 3 is 2.08 bits per heavy atom. The molecule has 0 aromatic heterocycles. The lowest BCUT2D eigenvalue weighted by atomic mass is 9.87. The number of piperidine rings is 1. The highest BCUT2D eigenvalue weighted by Gasteiger charge is 2.27. The third-order valence-corrected chi connectivity index (χ3v) is 6.03. The zero-order valence-corrected chi connectivity index (χ0v) is 22.0. The Labute approximate surface area is 213 Å². The summed E-state index contributed by atoms with van der Waals surface area (Å²) >= 11 is 0. The summed E-state index contributed by atoms with van der Waals surface area (Å²) in [7, 11) is 0. The number of anilines is 2. The first-order chi connectivity index (χ1) is 16.7. The molecule has 2 amide bonds. The maximum absolute atomic E-state index is 12.8. The smallest absolute Gasteiger partial charge is 0.410 e. The minimum atomic E-state index is -1.06. The molecule has 1 fully saturated rings. The van der Waals surface area contributed by atoms with Gasteiger partial charge in [-0.05, 0) is 74.9 Å². The molecule has 3 N–H and O–H groups in total. The zero-order chi connectivity index (χ0) is 26.7. The summed E-state index contributed by atoms with van der Waals surface area (Å²) in [5, 5.41) is 15.8. The third kappa shape index (κ3) is 7.23. The molecule has 36 heavy (non-hydrogen) atoms. The molecular formula is C28H37N3O5. The first-order valence-corrected chi connectivity index (χ1v) is 12.3. The number of rotatable bonds is 5. The lowest BCUT2D eigenvalue weighted by molar-refractivity contribution is 0.0210. The lowest BCUT2D eigenvalue weighted by Crippen LogP contribution is -2.44. The number of carbonyl (C=O) groups excluding carboxylic acids is 2. The molecule has 0 aliphatic carbocycles. The van der Waals surface area contributed by atoms with Crippen molar-refractivity contribution in [2.24, 2.45) is 0 Å². The third-order valence-electron chi connectivity index (χ3n) is 6.03. The van der Waals surface area contributed by atoms with Crippen molar-refractivity contribution >= 4 is 29.3 Å². The summed E-state index contributed by atoms with van der Waals surface area (Å²) in [6, 6.07) is 12.2. The van der Waals surface area contributed by atoms with Crippen LogP contribution >= 0.6 is 0 Å². The van der Waals surface area contributed by atoms with E-state index in [9.17, 15) is 19.5 Å². The van der Waals surface area contributed by atoms with Crippen LogP contribution in [0.15, 0.2) is 42.5 Å². The molecule has 2 aromatic carbocycles. The summed E-state index contributed by atoms with van der Waals surface area (Å²) in [6.07, 6.45) is 0.955. The van der Waals surface area contributed by atoms with Gasteiger partial charge in [-0.2, -0.15) is 0 Å². The van der Waals surface area contributed by atoms with Gasteiger partial charge in [0.05, 0.1) is 11.3 Å². The largest absolute Gasteiger partial charge is 0.478 e. The highest BCUT2D eigenvalue weighted by molar-refractivity contribution is 6.05. The van der Waals surface area contributed by atoms with Crippen LogP contribution < -0.4 is 10.6 Å². The molecule has 1 saturated heterocycles. The van der Waals surface area contributed by atoms with Gasteiger partial charge in [0.1, 0.15) is 5.60 Å². The predicted molar refractivity (Wildman–Crippen MR) is 141 cm³/mol. The van der Waals surface area contributed by atoms with E-state index in [0.29, 0.717) is 42.9 Å². The molecule has 0 spiro atoms. The number of hydrogen-bond donors (Lipinski definition) is 3. The van der Waals surface area contributed by atoms with Crippen molar-refractivity contribution in [3.63, 3.8) is 0 Å². The van der Waals surface area contributed by atoms with E-state index in [4.69, 9.17) is 4.74 Å². The fourth-order valence-electron chi connectivity index (χ4n) is 4.01. The van der Waals surface area contributed by atoms with Crippen LogP contribution in [0, 0.1) is 0 Å². The number of aromatic carboxylic acids is 1. The van der Waals surface area contributed by atoms with Crippen LogP contribution in [0.1, 0.15) is 80.7 Å². The minimum absolute atomic E-state index is 0.00864. The average molecular weight is 496 g/mol. The molecule has 194 valence electrons. The summed E-state index contributed by atoms with van der Waals surface area (Å²) in [4.78, 5) is 38.6. The second-order valence-corrected chi connectivity index (χ2v) is 11.2. The van der Waals surface area contributed by atoms with E-state index in [0.717, 1.165) is 5.56 Å². The Balaban J connectivity index is 1.67. The van der Waals surface area contributed by atoms with Crippen LogP contribution in [0.25, 0.3) is 0 Å². The van der Waals surface area contributed by atoms with Crippen molar-refractivity contribution in [1.82, 2.24) is 4.90 Å². The van der Waals surface area contributed by atoms with Gasteiger partial charge in [0.25, 0.3) is 5.91 Å². The Morgan fingerprint density at radius 1 is 0.944 bits per heavy atom. The van der Waals surface area contributed by atoms with Crippen molar-refractivity contribution in [2.75, 3.05) is 23.7 Å². The molecule has 8 heteroatoms. The number of benzene rings is 2. The molecule has 1 heterocycles. The standard InChI is InChI=1S/C28H37N3O5/c1-27(2,3)19-9-7-18(8-10-19)24(32)30-21-11-12-22(25(33)34)23(17-21)29-20-13-15-31(16-14-20)26(35)36-28(4,5)6/h7-12,17,20,29H,13-16H2,1-6H3,(H,30,32)(H,33,34). The Bertz CT molecular complexity index is 1110. The minimum Gasteiger partial charge on any atom is -0.478 e. The average Bonchev–Trinajstić information content (AvgIpc) is 2.78. The zero-order valence-electron chi connectivity index (χ0n) is 22.0. The maximum Gasteiger partial charge on any atom is 0.410 e. The summed E-state index contributed by atoms with van der Waals surface area (Å²) in [6.45, 7) is 12.9. The van der Waals surface area contributed by atoms with Gasteiger partial charge >= 0.3 is 12.1 Å². The summed E-state index contributed by atoms with van der Waals surface area (Å²) < 4.78 is 5.44. The molecule has 0 saturated carbocycles. The van der Waals surface area contributed by atoms with Gasteiger partial charge in [-0.1, -0.05) is 32.9 Å². The van der Waals surface area contributed by atoms with E-state index >= 15 is 0 Å². The van der Waals surface area contributed by atoms with Gasteiger partial charge in [0.15, 0.2) is 0 Å². The first kappa shape index (κ1) is 27.0. The molecule has 0 bridgehead atoms. The Morgan fingerprint density at radius 2 is 1.56 bits per heavy atom. The number of carboxylic acids is 1. The second kappa shape index (κ2) is 10.6. The summed E-state index contributed by atoms with van der Waals surface area (Å²) in [5.74, 6) is -1.32. The summed E-state index contributed by atoms with van der Waals surface area (Å²) in [5.41, 5.74) is 2.14. The molecule has 1 aliphatic rings. The monoisotopic (exact) mass is 495 g/mol. The maximum atomic E-state index is 12.8. The van der Waals surface area contributed by atoms with E-state index in [1.807, 2.05) is 32.9 Å². The highest BCUT2D eigenvalue weighted by atomic mass is 16.6. The van der Waals surface area contributed by atoms with Gasteiger partial charge in [-0.15, -0.1) is 0 Å². The van der Waals surface area contributed by atoms with Crippen LogP contribution in [0.5, 0.6) is 0 Å². The van der Waals surface area contributed by atoms with Crippen molar-refractivity contribution in [1.29, 1.82) is 0 Å². The van der Waals surface area contributed by atoms with E-state index < -0.39 is 11.6 Å². The Kier molecular flexibility index (Phi) is 7.96. The van der Waals surface area contributed by atoms with Crippen LogP contribution in [0.2, 0.25) is 0 Å². The molecule has 8 nitrogen and oxygen atoms in total. The van der Waals surface area contributed by atoms with Gasteiger partial charge in [0, 0.05) is 30.4 Å². The molecule has 3 rings (SSSR count). The first-order valence-electron chi connectivity index (χ1n) is 12.3. The number of carbonyl (C=O) groups is 3. The molecule has 2 aromatic rings. The number of likely N-dealkylation sites (tertiary alicyclic amines) is 1. The van der Waals surface area contributed by atoms with E-state index in [1.165, 1.54) is 6.07 Å². The van der Waals surface area contributed by atoms with Gasteiger partial charge in [-0.25, -0.2) is 9.59 Å².